The molecular formula is C17H18O4S2. The summed E-state index contributed by atoms with van der Waals surface area (Å²) in [5.74, 6) is 1.42. The Labute approximate surface area is 142 Å². The van der Waals surface area contributed by atoms with Crippen LogP contribution in [-0.4, -0.2) is 17.0 Å². The third-order valence-corrected chi connectivity index (χ3v) is 6.72. The van der Waals surface area contributed by atoms with Crippen LogP contribution in [0.4, 0.5) is 0 Å². The molecule has 2 aromatic rings. The zero-order chi connectivity index (χ0) is 16.1. The van der Waals surface area contributed by atoms with Crippen molar-refractivity contribution in [2.75, 3.05) is 5.75 Å². The van der Waals surface area contributed by atoms with Crippen LogP contribution >= 0.6 is 21.6 Å². The van der Waals surface area contributed by atoms with Gasteiger partial charge in [-0.25, -0.2) is 4.79 Å². The fourth-order valence-corrected chi connectivity index (χ4v) is 5.52. The number of unbranched alkanes of at least 4 members (excludes halogenated alkanes) is 1. The van der Waals surface area contributed by atoms with Gasteiger partial charge in [0.15, 0.2) is 0 Å². The number of hydrogen-bond donors (Lipinski definition) is 0. The van der Waals surface area contributed by atoms with E-state index in [4.69, 9.17) is 9.15 Å². The topological polar surface area (TPSA) is 56.5 Å². The highest BCUT2D eigenvalue weighted by Gasteiger charge is 2.16. The number of hydrogen-bond acceptors (Lipinski definition) is 6. The van der Waals surface area contributed by atoms with Crippen LogP contribution < -0.4 is 10.4 Å². The molecule has 1 aliphatic rings. The van der Waals surface area contributed by atoms with Gasteiger partial charge in [-0.2, -0.15) is 0 Å². The van der Waals surface area contributed by atoms with Crippen molar-refractivity contribution in [1.29, 1.82) is 0 Å². The van der Waals surface area contributed by atoms with Gasteiger partial charge in [0.2, 0.25) is 0 Å². The van der Waals surface area contributed by atoms with Crippen LogP contribution in [0.1, 0.15) is 32.1 Å². The monoisotopic (exact) mass is 350 g/mol. The fraction of sp³-hybridized carbons (Fsp3) is 0.412. The van der Waals surface area contributed by atoms with Gasteiger partial charge in [0.25, 0.3) is 0 Å². The fourth-order valence-electron chi connectivity index (χ4n) is 2.49. The van der Waals surface area contributed by atoms with E-state index < -0.39 is 5.63 Å². The lowest BCUT2D eigenvalue weighted by molar-refractivity contribution is -0.134. The van der Waals surface area contributed by atoms with Crippen molar-refractivity contribution < 1.29 is 13.9 Å². The smallest absolute Gasteiger partial charge is 0.336 e. The molecule has 0 saturated carbocycles. The van der Waals surface area contributed by atoms with E-state index >= 15 is 0 Å². The van der Waals surface area contributed by atoms with Gasteiger partial charge < -0.3 is 9.15 Å². The normalized spacial score (nSPS) is 17.5. The van der Waals surface area contributed by atoms with E-state index in [0.717, 1.165) is 23.5 Å². The van der Waals surface area contributed by atoms with Gasteiger partial charge in [0.05, 0.1) is 0 Å². The quantitative estimate of drug-likeness (QED) is 0.253. The zero-order valence-electron chi connectivity index (χ0n) is 12.7. The first-order valence-electron chi connectivity index (χ1n) is 7.73. The van der Waals surface area contributed by atoms with Gasteiger partial charge in [-0.1, -0.05) is 28.0 Å². The molecule has 1 aliphatic heterocycles. The van der Waals surface area contributed by atoms with Gasteiger partial charge in [0, 0.05) is 34.9 Å². The van der Waals surface area contributed by atoms with E-state index in [0.29, 0.717) is 17.8 Å². The van der Waals surface area contributed by atoms with Gasteiger partial charge in [0.1, 0.15) is 11.3 Å². The molecule has 1 atom stereocenters. The van der Waals surface area contributed by atoms with Crippen molar-refractivity contribution in [3.63, 3.8) is 0 Å². The number of esters is 1. The van der Waals surface area contributed by atoms with Gasteiger partial charge in [-0.05, 0) is 37.5 Å². The predicted molar refractivity (Wildman–Crippen MR) is 95.0 cm³/mol. The van der Waals surface area contributed by atoms with Crippen molar-refractivity contribution in [3.8, 4) is 5.75 Å². The van der Waals surface area contributed by atoms with Crippen LogP contribution in [0.2, 0.25) is 0 Å². The molecule has 1 aromatic heterocycles. The number of rotatable bonds is 6. The molecule has 3 rings (SSSR count). The van der Waals surface area contributed by atoms with Crippen molar-refractivity contribution in [1.82, 2.24) is 0 Å². The maximum absolute atomic E-state index is 11.9. The molecule has 1 aromatic carbocycles. The van der Waals surface area contributed by atoms with E-state index in [-0.39, 0.29) is 5.97 Å². The van der Waals surface area contributed by atoms with E-state index in [2.05, 4.69) is 0 Å². The summed E-state index contributed by atoms with van der Waals surface area (Å²) < 4.78 is 10.4. The molecule has 1 saturated heterocycles. The van der Waals surface area contributed by atoms with E-state index in [9.17, 15) is 9.59 Å². The number of carbonyl (C=O) groups excluding carboxylic acids is 1. The maximum atomic E-state index is 11.9. The molecule has 0 spiro atoms. The van der Waals surface area contributed by atoms with E-state index in [1.54, 1.807) is 24.3 Å². The summed E-state index contributed by atoms with van der Waals surface area (Å²) in [6, 6.07) is 8.13. The van der Waals surface area contributed by atoms with Crippen LogP contribution in [-0.2, 0) is 4.79 Å². The Bertz CT molecular complexity index is 735. The summed E-state index contributed by atoms with van der Waals surface area (Å²) in [6.07, 6.45) is 4.78. The highest BCUT2D eigenvalue weighted by molar-refractivity contribution is 8.77. The first kappa shape index (κ1) is 16.5. The third-order valence-electron chi connectivity index (χ3n) is 3.71. The Morgan fingerprint density at radius 3 is 2.96 bits per heavy atom. The molecule has 0 aliphatic carbocycles. The highest BCUT2D eigenvalue weighted by Crippen LogP contribution is 2.39. The van der Waals surface area contributed by atoms with Gasteiger partial charge in [-0.15, -0.1) is 0 Å². The average Bonchev–Trinajstić information content (AvgIpc) is 3.04. The average molecular weight is 350 g/mol. The van der Waals surface area contributed by atoms with Gasteiger partial charge >= 0.3 is 11.6 Å². The molecule has 0 N–H and O–H groups in total. The minimum Gasteiger partial charge on any atom is -0.426 e. The van der Waals surface area contributed by atoms with Crippen molar-refractivity contribution in [2.24, 2.45) is 0 Å². The predicted octanol–water partition coefficient (Wildman–Crippen LogP) is 4.41. The molecule has 0 radical (unpaired) electrons. The molecule has 0 bridgehead atoms. The first-order valence-corrected chi connectivity index (χ1v) is 10.1. The number of ether oxygens (including phenoxy) is 1. The summed E-state index contributed by atoms with van der Waals surface area (Å²) in [5.41, 5.74) is 0.0162. The molecular weight excluding hydrogens is 332 g/mol. The molecule has 6 heteroatoms. The minimum absolute atomic E-state index is 0.240. The molecule has 122 valence electrons. The van der Waals surface area contributed by atoms with Crippen LogP contribution in [0.5, 0.6) is 5.75 Å². The second kappa shape index (κ2) is 7.93. The van der Waals surface area contributed by atoms with Crippen LogP contribution in [0.3, 0.4) is 0 Å². The summed E-state index contributed by atoms with van der Waals surface area (Å²) in [4.78, 5) is 23.1. The van der Waals surface area contributed by atoms with Crippen LogP contribution in [0, 0.1) is 0 Å². The molecule has 23 heavy (non-hydrogen) atoms. The molecule has 0 amide bonds. The maximum Gasteiger partial charge on any atom is 0.336 e. The Kier molecular flexibility index (Phi) is 5.67. The zero-order valence-corrected chi connectivity index (χ0v) is 14.3. The Balaban J connectivity index is 1.48. The van der Waals surface area contributed by atoms with Crippen LogP contribution in [0.25, 0.3) is 11.0 Å². The minimum atomic E-state index is -0.413. The lowest BCUT2D eigenvalue weighted by Gasteiger charge is -2.07. The van der Waals surface area contributed by atoms with Crippen molar-refractivity contribution >= 4 is 38.5 Å². The van der Waals surface area contributed by atoms with Crippen molar-refractivity contribution in [3.05, 3.63) is 40.8 Å². The van der Waals surface area contributed by atoms with Gasteiger partial charge in [-0.3, -0.25) is 4.79 Å². The molecule has 1 unspecified atom stereocenters. The van der Waals surface area contributed by atoms with Crippen LogP contribution in [0.15, 0.2) is 39.5 Å². The lowest BCUT2D eigenvalue weighted by atomic mass is 10.1. The summed E-state index contributed by atoms with van der Waals surface area (Å²) in [5, 5.41) is 1.55. The number of carbonyl (C=O) groups is 1. The Morgan fingerprint density at radius 2 is 2.13 bits per heavy atom. The number of benzene rings is 1. The Hall–Kier alpha value is -1.40. The highest BCUT2D eigenvalue weighted by atomic mass is 33.1. The van der Waals surface area contributed by atoms with Crippen molar-refractivity contribution in [2.45, 2.75) is 37.4 Å². The Morgan fingerprint density at radius 1 is 1.26 bits per heavy atom. The van der Waals surface area contributed by atoms with E-state index in [1.807, 2.05) is 21.6 Å². The SMILES string of the molecule is O=C(CCCCC1CCSS1)Oc1ccc2ccc(=O)oc2c1. The second-order valence-electron chi connectivity index (χ2n) is 5.50. The largest absolute Gasteiger partial charge is 0.426 e. The summed E-state index contributed by atoms with van der Waals surface area (Å²) in [6.45, 7) is 0. The summed E-state index contributed by atoms with van der Waals surface area (Å²) >= 11 is 0. The standard InChI is InChI=1S/C17H18O4S2/c18-16(4-2-1-3-14-9-10-22-23-14)20-13-7-5-12-6-8-17(19)21-15(12)11-13/h5-8,11,14H,1-4,9-10H2. The molecule has 4 nitrogen and oxygen atoms in total. The second-order valence-corrected chi connectivity index (χ2v) is 8.29. The summed E-state index contributed by atoms with van der Waals surface area (Å²) in [7, 11) is 3.91. The van der Waals surface area contributed by atoms with E-state index in [1.165, 1.54) is 24.7 Å². The number of fused-ring (bicyclic) bond motifs is 1. The molecule has 1 fully saturated rings. The third kappa shape index (κ3) is 4.78. The first-order chi connectivity index (χ1) is 11.2. The lowest BCUT2D eigenvalue weighted by Crippen LogP contribution is -2.08. The molecule has 2 heterocycles.